The van der Waals surface area contributed by atoms with Gasteiger partial charge in [-0.25, -0.2) is 4.98 Å². The van der Waals surface area contributed by atoms with Crippen LogP contribution in [-0.2, 0) is 4.79 Å². The highest BCUT2D eigenvalue weighted by atomic mass is 35.5. The molecule has 0 bridgehead atoms. The molecule has 3 rings (SSSR count). The molecular weight excluding hydrogens is 450 g/mol. The Morgan fingerprint density at radius 1 is 1.13 bits per heavy atom. The molecule has 0 spiro atoms. The monoisotopic (exact) mass is 477 g/mol. The van der Waals surface area contributed by atoms with Crippen molar-refractivity contribution in [3.8, 4) is 5.75 Å². The fourth-order valence-corrected chi connectivity index (χ4v) is 5.24. The standard InChI is InChI=1S/C23H28ClN3O2S2/c1-5-26(6-2)13-14-27(20(28)15-30-18-10-8-17(24)9-11-18)23-25-21-19(29-4)12-7-16(3)22(21)31-23/h7-12H,5-6,13-15H2,1-4H3. The summed E-state index contributed by atoms with van der Waals surface area (Å²) in [6.07, 6.45) is 0. The smallest absolute Gasteiger partial charge is 0.239 e. The number of hydrogen-bond acceptors (Lipinski definition) is 6. The van der Waals surface area contributed by atoms with E-state index >= 15 is 0 Å². The quantitative estimate of drug-likeness (QED) is 0.349. The number of hydrogen-bond donors (Lipinski definition) is 0. The third-order valence-electron chi connectivity index (χ3n) is 5.15. The number of thiazole rings is 1. The van der Waals surface area contributed by atoms with Crippen LogP contribution < -0.4 is 9.64 Å². The Labute approximate surface area is 197 Å². The molecule has 1 heterocycles. The molecule has 0 saturated carbocycles. The lowest BCUT2D eigenvalue weighted by Gasteiger charge is -2.24. The number of methoxy groups -OCH3 is 1. The summed E-state index contributed by atoms with van der Waals surface area (Å²) in [5, 5.41) is 1.41. The molecule has 31 heavy (non-hydrogen) atoms. The molecule has 0 aliphatic heterocycles. The Morgan fingerprint density at radius 3 is 2.48 bits per heavy atom. The van der Waals surface area contributed by atoms with Gasteiger partial charge in [-0.3, -0.25) is 9.69 Å². The summed E-state index contributed by atoms with van der Waals surface area (Å²) in [6.45, 7) is 9.63. The number of thioether (sulfide) groups is 1. The summed E-state index contributed by atoms with van der Waals surface area (Å²) in [5.74, 6) is 1.11. The van der Waals surface area contributed by atoms with Crippen molar-refractivity contribution in [3.05, 3.63) is 47.0 Å². The molecular formula is C23H28ClN3O2S2. The molecule has 166 valence electrons. The van der Waals surface area contributed by atoms with E-state index in [1.54, 1.807) is 18.4 Å². The molecule has 0 aliphatic carbocycles. The van der Waals surface area contributed by atoms with Crippen LogP contribution >= 0.6 is 34.7 Å². The van der Waals surface area contributed by atoms with Gasteiger partial charge >= 0.3 is 0 Å². The normalized spacial score (nSPS) is 11.3. The van der Waals surface area contributed by atoms with Crippen LogP contribution in [0.3, 0.4) is 0 Å². The molecule has 0 aliphatic rings. The Kier molecular flexibility index (Phi) is 8.60. The van der Waals surface area contributed by atoms with Gasteiger partial charge in [0, 0.05) is 23.0 Å². The van der Waals surface area contributed by atoms with Crippen LogP contribution in [0.25, 0.3) is 10.2 Å². The van der Waals surface area contributed by atoms with Crippen molar-refractivity contribution in [2.75, 3.05) is 43.9 Å². The number of ether oxygens (including phenoxy) is 1. The second-order valence-electron chi connectivity index (χ2n) is 7.07. The van der Waals surface area contributed by atoms with E-state index in [4.69, 9.17) is 21.3 Å². The molecule has 0 radical (unpaired) electrons. The molecule has 5 nitrogen and oxygen atoms in total. The molecule has 1 aromatic heterocycles. The summed E-state index contributed by atoms with van der Waals surface area (Å²) < 4.78 is 6.56. The van der Waals surface area contributed by atoms with Gasteiger partial charge in [-0.05, 0) is 55.9 Å². The number of halogens is 1. The van der Waals surface area contributed by atoms with Crippen molar-refractivity contribution in [2.45, 2.75) is 25.7 Å². The van der Waals surface area contributed by atoms with Crippen molar-refractivity contribution in [2.24, 2.45) is 0 Å². The van der Waals surface area contributed by atoms with Gasteiger partial charge in [0.15, 0.2) is 5.13 Å². The second-order valence-corrected chi connectivity index (χ2v) is 9.54. The van der Waals surface area contributed by atoms with E-state index in [1.165, 1.54) is 11.8 Å². The fourth-order valence-electron chi connectivity index (χ4n) is 3.24. The van der Waals surface area contributed by atoms with E-state index in [0.29, 0.717) is 17.3 Å². The van der Waals surface area contributed by atoms with E-state index in [9.17, 15) is 4.79 Å². The van der Waals surface area contributed by atoms with Gasteiger partial charge in [0.1, 0.15) is 11.3 Å². The molecule has 0 fully saturated rings. The maximum Gasteiger partial charge on any atom is 0.239 e. The van der Waals surface area contributed by atoms with Crippen molar-refractivity contribution >= 4 is 56.0 Å². The predicted octanol–water partition coefficient (Wildman–Crippen LogP) is 5.73. The summed E-state index contributed by atoms with van der Waals surface area (Å²) in [5.41, 5.74) is 1.94. The number of carbonyl (C=O) groups excluding carboxylic acids is 1. The van der Waals surface area contributed by atoms with Crippen LogP contribution in [0.5, 0.6) is 5.75 Å². The zero-order chi connectivity index (χ0) is 22.4. The van der Waals surface area contributed by atoms with Gasteiger partial charge < -0.3 is 9.64 Å². The third-order valence-corrected chi connectivity index (χ3v) is 7.62. The van der Waals surface area contributed by atoms with Gasteiger partial charge in [0.25, 0.3) is 0 Å². The first-order valence-corrected chi connectivity index (χ1v) is 12.5. The first kappa shape index (κ1) is 23.9. The van der Waals surface area contributed by atoms with Crippen molar-refractivity contribution in [1.29, 1.82) is 0 Å². The molecule has 3 aromatic rings. The van der Waals surface area contributed by atoms with Gasteiger partial charge in [0.05, 0.1) is 17.6 Å². The molecule has 0 atom stereocenters. The Balaban J connectivity index is 1.86. The maximum absolute atomic E-state index is 13.3. The average Bonchev–Trinajstić information content (AvgIpc) is 3.22. The minimum absolute atomic E-state index is 0.0442. The summed E-state index contributed by atoms with van der Waals surface area (Å²) in [4.78, 5) is 23.3. The summed E-state index contributed by atoms with van der Waals surface area (Å²) in [6, 6.07) is 11.5. The van der Waals surface area contributed by atoms with Crippen LogP contribution in [0.15, 0.2) is 41.3 Å². The number of carbonyl (C=O) groups is 1. The Hall–Kier alpha value is -1.80. The highest BCUT2D eigenvalue weighted by Gasteiger charge is 2.22. The first-order chi connectivity index (χ1) is 15.0. The van der Waals surface area contributed by atoms with Crippen molar-refractivity contribution < 1.29 is 9.53 Å². The van der Waals surface area contributed by atoms with Gasteiger partial charge in [-0.2, -0.15) is 0 Å². The summed E-state index contributed by atoms with van der Waals surface area (Å²) >= 11 is 9.03. The number of aromatic nitrogens is 1. The van der Waals surface area contributed by atoms with Crippen LogP contribution in [0.4, 0.5) is 5.13 Å². The number of likely N-dealkylation sites (N-methyl/N-ethyl adjacent to an activating group) is 1. The largest absolute Gasteiger partial charge is 0.494 e. The first-order valence-electron chi connectivity index (χ1n) is 10.3. The lowest BCUT2D eigenvalue weighted by atomic mass is 10.2. The van der Waals surface area contributed by atoms with E-state index in [0.717, 1.165) is 51.2 Å². The van der Waals surface area contributed by atoms with E-state index in [2.05, 4.69) is 25.7 Å². The number of nitrogens with zero attached hydrogens (tertiary/aromatic N) is 3. The lowest BCUT2D eigenvalue weighted by molar-refractivity contribution is -0.116. The number of aryl methyl sites for hydroxylation is 1. The maximum atomic E-state index is 13.3. The minimum atomic E-state index is 0.0442. The molecule has 0 N–H and O–H groups in total. The number of anilines is 1. The molecule has 0 saturated heterocycles. The van der Waals surface area contributed by atoms with E-state index in [1.807, 2.05) is 41.3 Å². The SMILES string of the molecule is CCN(CC)CCN(C(=O)CSc1ccc(Cl)cc1)c1nc2c(OC)ccc(C)c2s1. The number of amides is 1. The average molecular weight is 478 g/mol. The Bertz CT molecular complexity index is 1020. The van der Waals surface area contributed by atoms with Crippen LogP contribution in [0.2, 0.25) is 5.02 Å². The van der Waals surface area contributed by atoms with E-state index < -0.39 is 0 Å². The van der Waals surface area contributed by atoms with Crippen molar-refractivity contribution in [3.63, 3.8) is 0 Å². The fraction of sp³-hybridized carbons (Fsp3) is 0.391. The van der Waals surface area contributed by atoms with Crippen LogP contribution in [0, 0.1) is 6.92 Å². The predicted molar refractivity (Wildman–Crippen MR) is 133 cm³/mol. The Morgan fingerprint density at radius 2 is 1.84 bits per heavy atom. The molecule has 1 amide bonds. The zero-order valence-electron chi connectivity index (χ0n) is 18.4. The van der Waals surface area contributed by atoms with E-state index in [-0.39, 0.29) is 5.91 Å². The van der Waals surface area contributed by atoms with Crippen LogP contribution in [-0.4, -0.2) is 54.8 Å². The third kappa shape index (κ3) is 5.92. The minimum Gasteiger partial charge on any atom is -0.494 e. The van der Waals surface area contributed by atoms with Gasteiger partial charge in [-0.15, -0.1) is 11.8 Å². The summed E-state index contributed by atoms with van der Waals surface area (Å²) in [7, 11) is 1.65. The second kappa shape index (κ2) is 11.2. The van der Waals surface area contributed by atoms with Gasteiger partial charge in [-0.1, -0.05) is 42.9 Å². The van der Waals surface area contributed by atoms with Gasteiger partial charge in [0.2, 0.25) is 5.91 Å². The van der Waals surface area contributed by atoms with Crippen LogP contribution in [0.1, 0.15) is 19.4 Å². The molecule has 2 aromatic carbocycles. The highest BCUT2D eigenvalue weighted by molar-refractivity contribution is 8.00. The zero-order valence-corrected chi connectivity index (χ0v) is 20.7. The number of rotatable bonds is 10. The topological polar surface area (TPSA) is 45.7 Å². The molecule has 0 unspecified atom stereocenters. The van der Waals surface area contributed by atoms with Crippen molar-refractivity contribution in [1.82, 2.24) is 9.88 Å². The lowest BCUT2D eigenvalue weighted by Crippen LogP contribution is -2.39. The number of benzene rings is 2. The molecule has 8 heteroatoms. The number of fused-ring (bicyclic) bond motifs is 1. The highest BCUT2D eigenvalue weighted by Crippen LogP contribution is 2.36.